The molecule has 0 aliphatic heterocycles. The van der Waals surface area contributed by atoms with E-state index < -0.39 is 0 Å². The van der Waals surface area contributed by atoms with Crippen molar-refractivity contribution in [3.05, 3.63) is 42.5 Å². The van der Waals surface area contributed by atoms with Crippen LogP contribution in [0, 0.1) is 0 Å². The van der Waals surface area contributed by atoms with Crippen LogP contribution in [0.5, 0.6) is 5.75 Å². The highest BCUT2D eigenvalue weighted by molar-refractivity contribution is 5.33. The topological polar surface area (TPSA) is 44.7 Å². The van der Waals surface area contributed by atoms with Gasteiger partial charge >= 0.3 is 0 Å². The Morgan fingerprint density at radius 2 is 2.10 bits per heavy atom. The van der Waals surface area contributed by atoms with Crippen molar-refractivity contribution in [2.24, 2.45) is 0 Å². The Labute approximate surface area is 128 Å². The maximum atomic E-state index is 9.02. The summed E-state index contributed by atoms with van der Waals surface area (Å²) in [6, 6.07) is 8.55. The fourth-order valence-electron chi connectivity index (χ4n) is 2.01. The van der Waals surface area contributed by atoms with Gasteiger partial charge in [0.25, 0.3) is 0 Å². The fraction of sp³-hybridized carbons (Fsp3) is 0.529. The summed E-state index contributed by atoms with van der Waals surface area (Å²) in [5, 5.41) is 12.4. The molecular formula is C17H28N2O2. The van der Waals surface area contributed by atoms with Gasteiger partial charge in [0.15, 0.2) is 0 Å². The summed E-state index contributed by atoms with van der Waals surface area (Å²) in [5.41, 5.74) is 1.17. The van der Waals surface area contributed by atoms with Gasteiger partial charge in [0.2, 0.25) is 0 Å². The second-order valence-electron chi connectivity index (χ2n) is 5.30. The average Bonchev–Trinajstić information content (AvgIpc) is 2.46. The number of hydrogen-bond acceptors (Lipinski definition) is 4. The lowest BCUT2D eigenvalue weighted by Crippen LogP contribution is -2.31. The van der Waals surface area contributed by atoms with Crippen LogP contribution in [0.15, 0.2) is 36.9 Å². The van der Waals surface area contributed by atoms with E-state index in [9.17, 15) is 0 Å². The van der Waals surface area contributed by atoms with Crippen LogP contribution < -0.4 is 10.1 Å². The molecule has 0 atom stereocenters. The molecule has 0 bridgehead atoms. The molecule has 118 valence electrons. The molecule has 0 spiro atoms. The van der Waals surface area contributed by atoms with Crippen LogP contribution in [0.2, 0.25) is 0 Å². The fourth-order valence-corrected chi connectivity index (χ4v) is 2.01. The summed E-state index contributed by atoms with van der Waals surface area (Å²) >= 11 is 0. The number of aliphatic hydroxyl groups excluding tert-OH is 1. The van der Waals surface area contributed by atoms with Gasteiger partial charge in [0, 0.05) is 37.8 Å². The quantitative estimate of drug-likeness (QED) is 0.613. The van der Waals surface area contributed by atoms with E-state index in [-0.39, 0.29) is 6.61 Å². The molecule has 0 radical (unpaired) electrons. The van der Waals surface area contributed by atoms with Gasteiger partial charge in [-0.2, -0.15) is 0 Å². The first-order valence-electron chi connectivity index (χ1n) is 7.55. The van der Waals surface area contributed by atoms with Crippen molar-refractivity contribution in [1.29, 1.82) is 0 Å². The predicted molar refractivity (Wildman–Crippen MR) is 87.6 cm³/mol. The highest BCUT2D eigenvalue weighted by Crippen LogP contribution is 2.17. The minimum atomic E-state index is 0.155. The first-order valence-corrected chi connectivity index (χ1v) is 7.55. The highest BCUT2D eigenvalue weighted by atomic mass is 16.5. The van der Waals surface area contributed by atoms with E-state index in [0.717, 1.165) is 25.4 Å². The first kappa shape index (κ1) is 17.7. The van der Waals surface area contributed by atoms with Crippen LogP contribution in [0.4, 0.5) is 0 Å². The summed E-state index contributed by atoms with van der Waals surface area (Å²) in [7, 11) is 0. The molecule has 0 fully saturated rings. The number of rotatable bonds is 11. The van der Waals surface area contributed by atoms with Crippen LogP contribution in [0.1, 0.15) is 19.4 Å². The standard InChI is InChI=1S/C17H28N2O2/c1-4-9-19(10-12-20)11-13-21-17-8-6-5-7-16(17)14-18-15(2)3/h4-8,15,18,20H,1,9-14H2,2-3H3. The van der Waals surface area contributed by atoms with Crippen molar-refractivity contribution in [1.82, 2.24) is 10.2 Å². The summed E-state index contributed by atoms with van der Waals surface area (Å²) in [6.45, 7) is 11.7. The van der Waals surface area contributed by atoms with Crippen molar-refractivity contribution in [2.75, 3.05) is 32.8 Å². The van der Waals surface area contributed by atoms with E-state index in [2.05, 4.69) is 36.7 Å². The summed E-state index contributed by atoms with van der Waals surface area (Å²) < 4.78 is 5.89. The molecule has 0 amide bonds. The Hall–Kier alpha value is -1.36. The molecule has 1 rings (SSSR count). The zero-order chi connectivity index (χ0) is 15.5. The van der Waals surface area contributed by atoms with Gasteiger partial charge in [0.1, 0.15) is 12.4 Å². The minimum absolute atomic E-state index is 0.155. The van der Waals surface area contributed by atoms with E-state index in [1.54, 1.807) is 0 Å². The summed E-state index contributed by atoms with van der Waals surface area (Å²) in [4.78, 5) is 2.11. The molecular weight excluding hydrogens is 264 g/mol. The number of aliphatic hydroxyl groups is 1. The zero-order valence-corrected chi connectivity index (χ0v) is 13.2. The van der Waals surface area contributed by atoms with E-state index in [1.165, 1.54) is 5.56 Å². The van der Waals surface area contributed by atoms with Gasteiger partial charge in [-0.3, -0.25) is 4.90 Å². The monoisotopic (exact) mass is 292 g/mol. The number of ether oxygens (including phenoxy) is 1. The van der Waals surface area contributed by atoms with Gasteiger partial charge in [-0.1, -0.05) is 38.1 Å². The molecule has 0 aromatic heterocycles. The molecule has 0 saturated heterocycles. The maximum Gasteiger partial charge on any atom is 0.123 e. The molecule has 2 N–H and O–H groups in total. The molecule has 21 heavy (non-hydrogen) atoms. The molecule has 4 nitrogen and oxygen atoms in total. The Kier molecular flexibility index (Phi) is 8.74. The second kappa shape index (κ2) is 10.4. The third-order valence-corrected chi connectivity index (χ3v) is 3.14. The Balaban J connectivity index is 2.48. The maximum absolute atomic E-state index is 9.02. The third-order valence-electron chi connectivity index (χ3n) is 3.14. The number of benzene rings is 1. The van der Waals surface area contributed by atoms with E-state index in [1.807, 2.05) is 24.3 Å². The molecule has 1 aromatic carbocycles. The second-order valence-corrected chi connectivity index (χ2v) is 5.30. The lowest BCUT2D eigenvalue weighted by Gasteiger charge is -2.20. The Morgan fingerprint density at radius 1 is 1.33 bits per heavy atom. The van der Waals surface area contributed by atoms with Gasteiger partial charge in [0.05, 0.1) is 6.61 Å². The number of para-hydroxylation sites is 1. The van der Waals surface area contributed by atoms with E-state index >= 15 is 0 Å². The van der Waals surface area contributed by atoms with Gasteiger partial charge in [-0.25, -0.2) is 0 Å². The molecule has 1 aromatic rings. The van der Waals surface area contributed by atoms with E-state index in [0.29, 0.717) is 19.2 Å². The van der Waals surface area contributed by atoms with Crippen LogP contribution in [-0.2, 0) is 6.54 Å². The smallest absolute Gasteiger partial charge is 0.123 e. The normalized spacial score (nSPS) is 11.1. The number of nitrogens with zero attached hydrogens (tertiary/aromatic N) is 1. The van der Waals surface area contributed by atoms with Crippen molar-refractivity contribution < 1.29 is 9.84 Å². The predicted octanol–water partition coefficient (Wildman–Crippen LogP) is 2.04. The van der Waals surface area contributed by atoms with Crippen molar-refractivity contribution in [3.8, 4) is 5.75 Å². The lowest BCUT2D eigenvalue weighted by molar-refractivity contribution is 0.179. The zero-order valence-electron chi connectivity index (χ0n) is 13.2. The third kappa shape index (κ3) is 7.27. The largest absolute Gasteiger partial charge is 0.492 e. The van der Waals surface area contributed by atoms with Crippen molar-refractivity contribution >= 4 is 0 Å². The number of nitrogens with one attached hydrogen (secondary N) is 1. The first-order chi connectivity index (χ1) is 10.2. The van der Waals surface area contributed by atoms with Gasteiger partial charge in [-0.05, 0) is 6.07 Å². The number of hydrogen-bond donors (Lipinski definition) is 2. The molecule has 0 unspecified atom stereocenters. The van der Waals surface area contributed by atoms with Crippen LogP contribution in [0.25, 0.3) is 0 Å². The Morgan fingerprint density at radius 3 is 2.76 bits per heavy atom. The van der Waals surface area contributed by atoms with Gasteiger partial charge in [-0.15, -0.1) is 6.58 Å². The van der Waals surface area contributed by atoms with Crippen molar-refractivity contribution in [3.63, 3.8) is 0 Å². The molecule has 0 aliphatic carbocycles. The summed E-state index contributed by atoms with van der Waals surface area (Å²) in [5.74, 6) is 0.924. The highest BCUT2D eigenvalue weighted by Gasteiger charge is 2.06. The van der Waals surface area contributed by atoms with Crippen LogP contribution in [-0.4, -0.2) is 48.9 Å². The van der Waals surface area contributed by atoms with Crippen LogP contribution in [0.3, 0.4) is 0 Å². The van der Waals surface area contributed by atoms with E-state index in [4.69, 9.17) is 9.84 Å². The van der Waals surface area contributed by atoms with Crippen LogP contribution >= 0.6 is 0 Å². The van der Waals surface area contributed by atoms with Crippen molar-refractivity contribution in [2.45, 2.75) is 26.4 Å². The average molecular weight is 292 g/mol. The Bertz CT molecular complexity index is 408. The minimum Gasteiger partial charge on any atom is -0.492 e. The lowest BCUT2D eigenvalue weighted by atomic mass is 10.2. The summed E-state index contributed by atoms with van der Waals surface area (Å²) in [6.07, 6.45) is 1.84. The molecule has 0 aliphatic rings. The molecule has 0 heterocycles. The SMILES string of the molecule is C=CCN(CCO)CCOc1ccccc1CNC(C)C. The van der Waals surface area contributed by atoms with Gasteiger partial charge < -0.3 is 15.2 Å². The molecule has 0 saturated carbocycles. The molecule has 4 heteroatoms.